The Kier molecular flexibility index (Phi) is 4.17. The standard InChI is InChI=1S/C13H12N2O4S4/c1-2-22(16,17)13-14-10-6-5-9(8-11(10)21-13)15-23(18,19)12-4-3-7-20-12/h3-8,15H,2H2,1H3. The van der Waals surface area contributed by atoms with E-state index in [0.717, 1.165) is 22.7 Å². The van der Waals surface area contributed by atoms with Crippen molar-refractivity contribution in [1.29, 1.82) is 0 Å². The zero-order chi connectivity index (χ0) is 16.7. The number of thiazole rings is 1. The van der Waals surface area contributed by atoms with Gasteiger partial charge in [-0.2, -0.15) is 0 Å². The molecule has 0 aliphatic rings. The first-order valence-electron chi connectivity index (χ1n) is 6.51. The summed E-state index contributed by atoms with van der Waals surface area (Å²) in [7, 11) is -7.00. The number of hydrogen-bond donors (Lipinski definition) is 1. The number of hydrogen-bond acceptors (Lipinski definition) is 7. The number of nitrogens with one attached hydrogen (secondary N) is 1. The van der Waals surface area contributed by atoms with Crippen LogP contribution in [0.2, 0.25) is 0 Å². The maximum Gasteiger partial charge on any atom is 0.271 e. The van der Waals surface area contributed by atoms with Crippen LogP contribution in [0.4, 0.5) is 5.69 Å². The highest BCUT2D eigenvalue weighted by Crippen LogP contribution is 2.29. The Morgan fingerprint density at radius 2 is 1.96 bits per heavy atom. The van der Waals surface area contributed by atoms with E-state index in [-0.39, 0.29) is 14.3 Å². The molecule has 0 atom stereocenters. The highest BCUT2D eigenvalue weighted by molar-refractivity contribution is 7.94. The number of nitrogens with zero attached hydrogens (tertiary/aromatic N) is 1. The second-order valence-electron chi connectivity index (χ2n) is 4.60. The Morgan fingerprint density at radius 1 is 1.17 bits per heavy atom. The summed E-state index contributed by atoms with van der Waals surface area (Å²) >= 11 is 2.16. The Labute approximate surface area is 141 Å². The molecule has 10 heteroatoms. The molecule has 1 aromatic carbocycles. The third-order valence-corrected chi connectivity index (χ3v) is 9.01. The van der Waals surface area contributed by atoms with E-state index in [1.165, 1.54) is 6.07 Å². The average Bonchev–Trinajstić information content (AvgIpc) is 3.16. The molecule has 122 valence electrons. The van der Waals surface area contributed by atoms with Crippen LogP contribution in [-0.2, 0) is 19.9 Å². The first kappa shape index (κ1) is 16.4. The fourth-order valence-electron chi connectivity index (χ4n) is 1.85. The summed E-state index contributed by atoms with van der Waals surface area (Å²) in [6, 6.07) is 7.94. The maximum absolute atomic E-state index is 12.2. The molecule has 0 unspecified atom stereocenters. The third-order valence-electron chi connectivity index (χ3n) is 3.03. The molecule has 23 heavy (non-hydrogen) atoms. The van der Waals surface area contributed by atoms with Crippen molar-refractivity contribution in [1.82, 2.24) is 4.98 Å². The second-order valence-corrected chi connectivity index (χ2v) is 10.9. The van der Waals surface area contributed by atoms with Crippen molar-refractivity contribution >= 4 is 58.4 Å². The van der Waals surface area contributed by atoms with Crippen LogP contribution in [0.25, 0.3) is 10.2 Å². The zero-order valence-electron chi connectivity index (χ0n) is 11.9. The first-order chi connectivity index (χ1) is 10.8. The van der Waals surface area contributed by atoms with Gasteiger partial charge >= 0.3 is 0 Å². The number of benzene rings is 1. The highest BCUT2D eigenvalue weighted by Gasteiger charge is 2.19. The average molecular weight is 389 g/mol. The van der Waals surface area contributed by atoms with Gasteiger partial charge < -0.3 is 0 Å². The minimum atomic E-state index is -3.63. The Morgan fingerprint density at radius 3 is 2.61 bits per heavy atom. The van der Waals surface area contributed by atoms with Crippen molar-refractivity contribution in [3.8, 4) is 0 Å². The Balaban J connectivity index is 1.98. The van der Waals surface area contributed by atoms with E-state index < -0.39 is 19.9 Å². The lowest BCUT2D eigenvalue weighted by Gasteiger charge is -2.05. The molecule has 0 saturated carbocycles. The van der Waals surface area contributed by atoms with Crippen LogP contribution in [0, 0.1) is 0 Å². The van der Waals surface area contributed by atoms with Gasteiger partial charge in [0.2, 0.25) is 14.2 Å². The van der Waals surface area contributed by atoms with Gasteiger partial charge in [0, 0.05) is 0 Å². The molecule has 3 aromatic rings. The summed E-state index contributed by atoms with van der Waals surface area (Å²) in [6.07, 6.45) is 0. The number of rotatable bonds is 5. The van der Waals surface area contributed by atoms with Crippen LogP contribution in [0.3, 0.4) is 0 Å². The summed E-state index contributed by atoms with van der Waals surface area (Å²) < 4.78 is 51.5. The number of sulfonamides is 1. The highest BCUT2D eigenvalue weighted by atomic mass is 32.2. The van der Waals surface area contributed by atoms with Crippen molar-refractivity contribution in [3.63, 3.8) is 0 Å². The van der Waals surface area contributed by atoms with Crippen LogP contribution in [0.1, 0.15) is 6.92 Å². The molecule has 1 N–H and O–H groups in total. The van der Waals surface area contributed by atoms with Crippen molar-refractivity contribution in [3.05, 3.63) is 35.7 Å². The molecular formula is C13H12N2O4S4. The van der Waals surface area contributed by atoms with Crippen LogP contribution in [-0.4, -0.2) is 27.6 Å². The van der Waals surface area contributed by atoms with Crippen LogP contribution in [0.5, 0.6) is 0 Å². The molecule has 6 nitrogen and oxygen atoms in total. The molecule has 2 aromatic heterocycles. The van der Waals surface area contributed by atoms with Gasteiger partial charge in [-0.15, -0.1) is 22.7 Å². The van der Waals surface area contributed by atoms with Gasteiger partial charge in [0.05, 0.1) is 21.7 Å². The monoisotopic (exact) mass is 388 g/mol. The van der Waals surface area contributed by atoms with E-state index in [2.05, 4.69) is 9.71 Å². The van der Waals surface area contributed by atoms with Crippen LogP contribution >= 0.6 is 22.7 Å². The lowest BCUT2D eigenvalue weighted by Crippen LogP contribution is -2.11. The molecule has 0 spiro atoms. The van der Waals surface area contributed by atoms with E-state index >= 15 is 0 Å². The predicted molar refractivity (Wildman–Crippen MR) is 92.5 cm³/mol. The summed E-state index contributed by atoms with van der Waals surface area (Å²) in [6.45, 7) is 1.56. The second kappa shape index (κ2) is 5.86. The minimum Gasteiger partial charge on any atom is -0.279 e. The molecule has 0 bridgehead atoms. The van der Waals surface area contributed by atoms with Gasteiger partial charge in [0.15, 0.2) is 0 Å². The van der Waals surface area contributed by atoms with Gasteiger partial charge in [0.25, 0.3) is 10.0 Å². The number of sulfone groups is 1. The van der Waals surface area contributed by atoms with Gasteiger partial charge in [0.1, 0.15) is 4.21 Å². The molecule has 0 aliphatic carbocycles. The maximum atomic E-state index is 12.2. The first-order valence-corrected chi connectivity index (χ1v) is 11.3. The smallest absolute Gasteiger partial charge is 0.271 e. The molecule has 3 rings (SSSR count). The molecule has 0 amide bonds. The lowest BCUT2D eigenvalue weighted by molar-refractivity contribution is 0.596. The summed E-state index contributed by atoms with van der Waals surface area (Å²) in [5, 5.41) is 1.68. The minimum absolute atomic E-state index is 0.0231. The van der Waals surface area contributed by atoms with Crippen LogP contribution in [0.15, 0.2) is 44.3 Å². The fraction of sp³-hybridized carbons (Fsp3) is 0.154. The molecular weight excluding hydrogens is 376 g/mol. The van der Waals surface area contributed by atoms with Gasteiger partial charge in [-0.25, -0.2) is 21.8 Å². The Bertz CT molecular complexity index is 1050. The van der Waals surface area contributed by atoms with Crippen molar-refractivity contribution in [2.75, 3.05) is 10.5 Å². The van der Waals surface area contributed by atoms with Crippen molar-refractivity contribution in [2.45, 2.75) is 15.5 Å². The van der Waals surface area contributed by atoms with Gasteiger partial charge in [-0.3, -0.25) is 4.72 Å². The van der Waals surface area contributed by atoms with E-state index in [1.54, 1.807) is 36.6 Å². The van der Waals surface area contributed by atoms with E-state index in [4.69, 9.17) is 0 Å². The fourth-order valence-corrected chi connectivity index (χ4v) is 6.24. The van der Waals surface area contributed by atoms with E-state index in [1.807, 2.05) is 0 Å². The zero-order valence-corrected chi connectivity index (χ0v) is 15.2. The summed E-state index contributed by atoms with van der Waals surface area (Å²) in [5.74, 6) is -0.0231. The predicted octanol–water partition coefficient (Wildman–Crippen LogP) is 2.95. The molecule has 0 aliphatic heterocycles. The number of fused-ring (bicyclic) bond motifs is 1. The molecule has 0 fully saturated rings. The molecule has 0 radical (unpaired) electrons. The topological polar surface area (TPSA) is 93.2 Å². The van der Waals surface area contributed by atoms with Crippen LogP contribution < -0.4 is 4.72 Å². The summed E-state index contributed by atoms with van der Waals surface area (Å²) in [5.41, 5.74) is 0.899. The van der Waals surface area contributed by atoms with Crippen molar-refractivity contribution in [2.24, 2.45) is 0 Å². The molecule has 2 heterocycles. The lowest BCUT2D eigenvalue weighted by atomic mass is 10.3. The SMILES string of the molecule is CCS(=O)(=O)c1nc2ccc(NS(=O)(=O)c3cccs3)cc2s1. The number of aromatic nitrogens is 1. The Hall–Kier alpha value is -1.49. The van der Waals surface area contributed by atoms with Crippen molar-refractivity contribution < 1.29 is 16.8 Å². The third kappa shape index (κ3) is 3.25. The number of thiophene rings is 1. The normalized spacial score (nSPS) is 12.6. The van der Waals surface area contributed by atoms with E-state index in [9.17, 15) is 16.8 Å². The number of anilines is 1. The largest absolute Gasteiger partial charge is 0.279 e. The van der Waals surface area contributed by atoms with Gasteiger partial charge in [-0.05, 0) is 29.6 Å². The quantitative estimate of drug-likeness (QED) is 0.725. The molecule has 0 saturated heterocycles. The van der Waals surface area contributed by atoms with E-state index in [0.29, 0.717) is 15.9 Å². The van der Waals surface area contributed by atoms with Gasteiger partial charge in [-0.1, -0.05) is 13.0 Å². The summed E-state index contributed by atoms with van der Waals surface area (Å²) in [4.78, 5) is 4.10.